The number of thiophene rings is 1. The Bertz CT molecular complexity index is 1040. The molecule has 1 heterocycles. The van der Waals surface area contributed by atoms with E-state index in [1.807, 2.05) is 37.3 Å². The normalized spacial score (nSPS) is 11.7. The number of aryl methyl sites for hydroxylation is 1. The second kappa shape index (κ2) is 8.96. The summed E-state index contributed by atoms with van der Waals surface area (Å²) >= 11 is 1.37. The molecule has 0 saturated carbocycles. The number of hydrogen-bond acceptors (Lipinski definition) is 6. The topological polar surface area (TPSA) is 73.9 Å². The highest BCUT2D eigenvalue weighted by Crippen LogP contribution is 2.31. The maximum absolute atomic E-state index is 12.6. The third kappa shape index (κ3) is 4.51. The van der Waals surface area contributed by atoms with Gasteiger partial charge in [0, 0.05) is 11.2 Å². The van der Waals surface area contributed by atoms with Crippen molar-refractivity contribution in [1.29, 1.82) is 0 Å². The molecule has 1 amide bonds. The summed E-state index contributed by atoms with van der Waals surface area (Å²) in [6.45, 7) is 3.73. The molecule has 6 nitrogen and oxygen atoms in total. The molecule has 1 atom stereocenters. The van der Waals surface area contributed by atoms with Crippen molar-refractivity contribution in [2.45, 2.75) is 26.5 Å². The van der Waals surface area contributed by atoms with E-state index in [0.29, 0.717) is 16.4 Å². The minimum Gasteiger partial charge on any atom is -0.493 e. The monoisotopic (exact) mass is 413 g/mol. The van der Waals surface area contributed by atoms with Crippen LogP contribution < -0.4 is 14.8 Å². The van der Waals surface area contributed by atoms with Crippen molar-refractivity contribution in [1.82, 2.24) is 5.32 Å². The lowest BCUT2D eigenvalue weighted by Gasteiger charge is -2.14. The predicted molar refractivity (Wildman–Crippen MR) is 113 cm³/mol. The molecular formula is C22H23NO5S. The minimum absolute atomic E-state index is 0.281. The fourth-order valence-electron chi connectivity index (χ4n) is 2.96. The molecule has 152 valence electrons. The Morgan fingerprint density at radius 3 is 2.48 bits per heavy atom. The van der Waals surface area contributed by atoms with E-state index in [1.165, 1.54) is 11.3 Å². The zero-order valence-corrected chi connectivity index (χ0v) is 17.6. The summed E-state index contributed by atoms with van der Waals surface area (Å²) < 4.78 is 16.9. The van der Waals surface area contributed by atoms with Gasteiger partial charge in [-0.1, -0.05) is 24.3 Å². The number of fused-ring (bicyclic) bond motifs is 1. The maximum Gasteiger partial charge on any atom is 0.349 e. The lowest BCUT2D eigenvalue weighted by atomic mass is 10.1. The summed E-state index contributed by atoms with van der Waals surface area (Å²) in [6.07, 6.45) is -0.910. The van der Waals surface area contributed by atoms with E-state index in [4.69, 9.17) is 14.2 Å². The van der Waals surface area contributed by atoms with Crippen molar-refractivity contribution in [2.24, 2.45) is 0 Å². The highest BCUT2D eigenvalue weighted by atomic mass is 32.1. The first-order valence-electron chi connectivity index (χ1n) is 9.12. The van der Waals surface area contributed by atoms with Crippen LogP contribution in [0.3, 0.4) is 0 Å². The number of ether oxygens (including phenoxy) is 3. The number of methoxy groups -OCH3 is 2. The number of benzene rings is 2. The molecule has 0 aliphatic rings. The van der Waals surface area contributed by atoms with Crippen molar-refractivity contribution in [3.63, 3.8) is 0 Å². The van der Waals surface area contributed by atoms with E-state index in [1.54, 1.807) is 33.3 Å². The summed E-state index contributed by atoms with van der Waals surface area (Å²) in [7, 11) is 3.12. The average Bonchev–Trinajstić information content (AvgIpc) is 3.08. The lowest BCUT2D eigenvalue weighted by molar-refractivity contribution is -0.129. The van der Waals surface area contributed by atoms with Crippen molar-refractivity contribution in [3.8, 4) is 11.5 Å². The molecule has 1 N–H and O–H groups in total. The zero-order chi connectivity index (χ0) is 21.0. The number of carbonyl (C=O) groups is 2. The highest BCUT2D eigenvalue weighted by molar-refractivity contribution is 7.21. The first kappa shape index (κ1) is 20.7. The van der Waals surface area contributed by atoms with Gasteiger partial charge in [-0.2, -0.15) is 0 Å². The number of carbonyl (C=O) groups excluding carboxylic acids is 2. The van der Waals surface area contributed by atoms with Crippen LogP contribution in [0.5, 0.6) is 11.5 Å². The average molecular weight is 413 g/mol. The lowest BCUT2D eigenvalue weighted by Crippen LogP contribution is -2.35. The highest BCUT2D eigenvalue weighted by Gasteiger charge is 2.22. The van der Waals surface area contributed by atoms with Crippen molar-refractivity contribution >= 4 is 33.3 Å². The third-order valence-electron chi connectivity index (χ3n) is 4.60. The molecule has 1 aromatic heterocycles. The molecule has 29 heavy (non-hydrogen) atoms. The van der Waals surface area contributed by atoms with Crippen LogP contribution in [0.2, 0.25) is 0 Å². The minimum atomic E-state index is -0.910. The van der Waals surface area contributed by atoms with Gasteiger partial charge < -0.3 is 19.5 Å². The molecule has 3 rings (SSSR count). The number of nitrogens with one attached hydrogen (secondary N) is 1. The zero-order valence-electron chi connectivity index (χ0n) is 16.8. The Labute approximate surface area is 173 Å². The Hall–Kier alpha value is -3.06. The van der Waals surface area contributed by atoms with Gasteiger partial charge in [0.2, 0.25) is 0 Å². The van der Waals surface area contributed by atoms with Gasteiger partial charge in [0.25, 0.3) is 5.91 Å². The van der Waals surface area contributed by atoms with Crippen molar-refractivity contribution in [3.05, 3.63) is 58.5 Å². The summed E-state index contributed by atoms with van der Waals surface area (Å²) in [5.41, 5.74) is 1.71. The quantitative estimate of drug-likeness (QED) is 0.591. The second-order valence-electron chi connectivity index (χ2n) is 6.51. The molecule has 0 fully saturated rings. The van der Waals surface area contributed by atoms with Crippen LogP contribution in [0.1, 0.15) is 27.7 Å². The van der Waals surface area contributed by atoms with Gasteiger partial charge >= 0.3 is 5.97 Å². The molecule has 0 saturated heterocycles. The van der Waals surface area contributed by atoms with Gasteiger partial charge in [-0.05, 0) is 48.6 Å². The summed E-state index contributed by atoms with van der Waals surface area (Å²) in [5.74, 6) is 0.340. The molecule has 7 heteroatoms. The SMILES string of the molecule is COc1ccc(CNC(=O)[C@H](C)OC(=O)c2sc3ccccc3c2C)cc1OC. The van der Waals surface area contributed by atoms with E-state index < -0.39 is 12.1 Å². The van der Waals surface area contributed by atoms with Crippen LogP contribution in [0.15, 0.2) is 42.5 Å². The molecular weight excluding hydrogens is 390 g/mol. The fraction of sp³-hybridized carbons (Fsp3) is 0.273. The second-order valence-corrected chi connectivity index (χ2v) is 7.56. The van der Waals surface area contributed by atoms with E-state index in [-0.39, 0.29) is 12.5 Å². The number of rotatable bonds is 7. The van der Waals surface area contributed by atoms with Crippen molar-refractivity contribution in [2.75, 3.05) is 14.2 Å². The number of amides is 1. The van der Waals surface area contributed by atoms with E-state index in [9.17, 15) is 9.59 Å². The summed E-state index contributed by atoms with van der Waals surface area (Å²) in [4.78, 5) is 25.5. The summed E-state index contributed by atoms with van der Waals surface area (Å²) in [6, 6.07) is 13.2. The van der Waals surface area contributed by atoms with E-state index >= 15 is 0 Å². The molecule has 0 spiro atoms. The smallest absolute Gasteiger partial charge is 0.349 e. The largest absolute Gasteiger partial charge is 0.493 e. The van der Waals surface area contributed by atoms with Gasteiger partial charge in [0.05, 0.1) is 14.2 Å². The first-order chi connectivity index (χ1) is 13.9. The number of esters is 1. The molecule has 0 aliphatic carbocycles. The van der Waals surface area contributed by atoms with Crippen LogP contribution >= 0.6 is 11.3 Å². The first-order valence-corrected chi connectivity index (χ1v) is 9.94. The number of hydrogen-bond donors (Lipinski definition) is 1. The molecule has 0 aliphatic heterocycles. The molecule has 3 aromatic rings. The molecule has 0 radical (unpaired) electrons. The maximum atomic E-state index is 12.6. The van der Waals surface area contributed by atoms with Crippen molar-refractivity contribution < 1.29 is 23.8 Å². The van der Waals surface area contributed by atoms with Crippen LogP contribution in [-0.4, -0.2) is 32.2 Å². The molecule has 0 bridgehead atoms. The van der Waals surface area contributed by atoms with Gasteiger partial charge in [-0.3, -0.25) is 4.79 Å². The van der Waals surface area contributed by atoms with Gasteiger partial charge in [-0.25, -0.2) is 4.79 Å². The van der Waals surface area contributed by atoms with E-state index in [2.05, 4.69) is 5.32 Å². The standard InChI is InChI=1S/C22H23NO5S/c1-13-16-7-5-6-8-19(16)29-20(13)22(25)28-14(2)21(24)23-12-15-9-10-17(26-3)18(11-15)27-4/h5-11,14H,12H2,1-4H3,(H,23,24)/t14-/m0/s1. The third-order valence-corrected chi connectivity index (χ3v) is 5.85. The fourth-order valence-corrected chi connectivity index (χ4v) is 4.05. The molecule has 0 unspecified atom stereocenters. The van der Waals surface area contributed by atoms with Crippen LogP contribution in [0.4, 0.5) is 0 Å². The Balaban J connectivity index is 1.61. The van der Waals surface area contributed by atoms with Crippen LogP contribution in [0.25, 0.3) is 10.1 Å². The van der Waals surface area contributed by atoms with Gasteiger partial charge in [-0.15, -0.1) is 11.3 Å². The summed E-state index contributed by atoms with van der Waals surface area (Å²) in [5, 5.41) is 3.80. The van der Waals surface area contributed by atoms with Crippen LogP contribution in [-0.2, 0) is 16.1 Å². The molecule has 2 aromatic carbocycles. The Morgan fingerprint density at radius 2 is 1.79 bits per heavy atom. The van der Waals surface area contributed by atoms with Gasteiger partial charge in [0.1, 0.15) is 4.88 Å². The Morgan fingerprint density at radius 1 is 1.07 bits per heavy atom. The predicted octanol–water partition coefficient (Wildman–Crippen LogP) is 4.09. The van der Waals surface area contributed by atoms with Gasteiger partial charge in [0.15, 0.2) is 17.6 Å². The van der Waals surface area contributed by atoms with Crippen LogP contribution in [0, 0.1) is 6.92 Å². The van der Waals surface area contributed by atoms with E-state index in [0.717, 1.165) is 21.2 Å². The Kier molecular flexibility index (Phi) is 6.39.